The van der Waals surface area contributed by atoms with Crippen molar-refractivity contribution in [1.82, 2.24) is 10.2 Å². The van der Waals surface area contributed by atoms with Crippen molar-refractivity contribution in [3.05, 3.63) is 35.4 Å². The molecule has 0 spiro atoms. The van der Waals surface area contributed by atoms with Crippen LogP contribution in [0.2, 0.25) is 0 Å². The van der Waals surface area contributed by atoms with Crippen LogP contribution in [0.5, 0.6) is 0 Å². The van der Waals surface area contributed by atoms with Crippen LogP contribution >= 0.6 is 0 Å². The van der Waals surface area contributed by atoms with Gasteiger partial charge in [-0.2, -0.15) is 0 Å². The number of carbonyl (C=O) groups is 3. The van der Waals surface area contributed by atoms with Crippen molar-refractivity contribution in [1.29, 1.82) is 0 Å². The van der Waals surface area contributed by atoms with Gasteiger partial charge in [-0.15, -0.1) is 0 Å². The highest BCUT2D eigenvalue weighted by molar-refractivity contribution is 5.94. The molecule has 6 nitrogen and oxygen atoms in total. The second-order valence-corrected chi connectivity index (χ2v) is 8.01. The summed E-state index contributed by atoms with van der Waals surface area (Å²) in [6.45, 7) is 7.49. The van der Waals surface area contributed by atoms with E-state index < -0.39 is 41.1 Å². The second kappa shape index (κ2) is 8.67. The largest absolute Gasteiger partial charge is 0.452 e. The molecule has 0 aromatic heterocycles. The number of hydrogen-bond acceptors (Lipinski definition) is 4. The Kier molecular flexibility index (Phi) is 6.74. The van der Waals surface area contributed by atoms with E-state index in [9.17, 15) is 23.2 Å². The van der Waals surface area contributed by atoms with Crippen LogP contribution in [0, 0.1) is 17.6 Å². The van der Waals surface area contributed by atoms with Crippen LogP contribution in [0.1, 0.15) is 50.9 Å². The molecule has 154 valence electrons. The van der Waals surface area contributed by atoms with Crippen LogP contribution < -0.4 is 5.32 Å². The van der Waals surface area contributed by atoms with Gasteiger partial charge in [0.05, 0.1) is 11.5 Å². The molecule has 0 bridgehead atoms. The van der Waals surface area contributed by atoms with E-state index in [2.05, 4.69) is 5.32 Å². The molecule has 28 heavy (non-hydrogen) atoms. The highest BCUT2D eigenvalue weighted by Crippen LogP contribution is 2.22. The van der Waals surface area contributed by atoms with Gasteiger partial charge in [0.1, 0.15) is 11.6 Å². The summed E-state index contributed by atoms with van der Waals surface area (Å²) in [7, 11) is 0. The molecule has 2 amide bonds. The van der Waals surface area contributed by atoms with Crippen LogP contribution in [-0.4, -0.2) is 47.4 Å². The number of esters is 1. The molecule has 1 saturated heterocycles. The average Bonchev–Trinajstić information content (AvgIpc) is 2.59. The summed E-state index contributed by atoms with van der Waals surface area (Å²) in [5.41, 5.74) is -0.631. The zero-order chi connectivity index (χ0) is 21.1. The first kappa shape index (κ1) is 21.8. The summed E-state index contributed by atoms with van der Waals surface area (Å²) in [5, 5.41) is 2.75. The van der Waals surface area contributed by atoms with Gasteiger partial charge in [-0.1, -0.05) is 0 Å². The number of halogens is 2. The number of amides is 2. The van der Waals surface area contributed by atoms with Gasteiger partial charge in [-0.3, -0.25) is 14.4 Å². The predicted molar refractivity (Wildman–Crippen MR) is 98.4 cm³/mol. The molecule has 1 heterocycles. The molecular weight excluding hydrogens is 370 g/mol. The van der Waals surface area contributed by atoms with Crippen molar-refractivity contribution in [3.63, 3.8) is 0 Å². The van der Waals surface area contributed by atoms with Crippen LogP contribution in [0.4, 0.5) is 8.78 Å². The van der Waals surface area contributed by atoms with Gasteiger partial charge >= 0.3 is 5.97 Å². The summed E-state index contributed by atoms with van der Waals surface area (Å²) in [5.74, 6) is -3.50. The maximum atomic E-state index is 13.8. The van der Waals surface area contributed by atoms with Crippen molar-refractivity contribution < 1.29 is 27.9 Å². The van der Waals surface area contributed by atoms with Gasteiger partial charge in [0.25, 0.3) is 11.8 Å². The lowest BCUT2D eigenvalue weighted by atomic mass is 9.96. The topological polar surface area (TPSA) is 75.7 Å². The van der Waals surface area contributed by atoms with Gasteiger partial charge in [-0.25, -0.2) is 8.78 Å². The minimum atomic E-state index is -0.917. The first-order valence-corrected chi connectivity index (χ1v) is 9.25. The van der Waals surface area contributed by atoms with Crippen LogP contribution in [0.3, 0.4) is 0 Å². The van der Waals surface area contributed by atoms with Crippen LogP contribution in [0.25, 0.3) is 0 Å². The lowest BCUT2D eigenvalue weighted by Crippen LogP contribution is -2.47. The maximum Gasteiger partial charge on any atom is 0.309 e. The van der Waals surface area contributed by atoms with E-state index in [4.69, 9.17) is 4.74 Å². The number of rotatable bonds is 4. The lowest BCUT2D eigenvalue weighted by Gasteiger charge is -2.31. The molecule has 1 aromatic rings. The predicted octanol–water partition coefficient (Wildman–Crippen LogP) is 2.66. The Morgan fingerprint density at radius 2 is 1.79 bits per heavy atom. The molecule has 1 aliphatic heterocycles. The Balaban J connectivity index is 1.88. The molecule has 1 aromatic carbocycles. The third kappa shape index (κ3) is 5.74. The quantitative estimate of drug-likeness (QED) is 0.794. The normalized spacial score (nSPS) is 16.4. The van der Waals surface area contributed by atoms with Crippen molar-refractivity contribution in [2.75, 3.05) is 13.1 Å². The fourth-order valence-electron chi connectivity index (χ4n) is 2.95. The Morgan fingerprint density at radius 1 is 1.18 bits per heavy atom. The molecule has 0 unspecified atom stereocenters. The zero-order valence-electron chi connectivity index (χ0n) is 16.6. The highest BCUT2D eigenvalue weighted by atomic mass is 19.1. The van der Waals surface area contributed by atoms with Crippen molar-refractivity contribution in [2.45, 2.75) is 52.2 Å². The van der Waals surface area contributed by atoms with Gasteiger partial charge in [0, 0.05) is 24.7 Å². The Bertz CT molecular complexity index is 753. The Morgan fingerprint density at radius 3 is 2.32 bits per heavy atom. The fraction of sp³-hybridized carbons (Fsp3) is 0.550. The molecule has 1 atom stereocenters. The molecule has 0 aliphatic carbocycles. The van der Waals surface area contributed by atoms with E-state index >= 15 is 0 Å². The van der Waals surface area contributed by atoms with Gasteiger partial charge in [0.2, 0.25) is 0 Å². The molecule has 1 aliphatic rings. The molecular formula is C20H26F2N2O4. The Hall–Kier alpha value is -2.51. The number of hydrogen-bond donors (Lipinski definition) is 1. The molecule has 8 heteroatoms. The van der Waals surface area contributed by atoms with E-state index in [1.807, 2.05) is 20.8 Å². The third-order valence-electron chi connectivity index (χ3n) is 4.44. The molecule has 2 rings (SSSR count). The average molecular weight is 396 g/mol. The SMILES string of the molecule is C[C@@H](OC(=O)C1CCN(C(=O)c2ccc(F)cc2F)CC1)C(=O)NC(C)(C)C. The smallest absolute Gasteiger partial charge is 0.309 e. The van der Waals surface area contributed by atoms with E-state index in [1.165, 1.54) is 11.8 Å². The number of nitrogens with zero attached hydrogens (tertiary/aromatic N) is 1. The first-order valence-electron chi connectivity index (χ1n) is 9.25. The standard InChI is InChI=1S/C20H26F2N2O4/c1-12(17(25)23-20(2,3)4)28-19(27)13-7-9-24(10-8-13)18(26)15-6-5-14(21)11-16(15)22/h5-6,11-13H,7-10H2,1-4H3,(H,23,25)/t12-/m1/s1. The summed E-state index contributed by atoms with van der Waals surface area (Å²) in [6, 6.07) is 2.81. The van der Waals surface area contributed by atoms with Gasteiger partial charge in [-0.05, 0) is 52.7 Å². The van der Waals surface area contributed by atoms with E-state index in [0.717, 1.165) is 12.1 Å². The van der Waals surface area contributed by atoms with Crippen LogP contribution in [0.15, 0.2) is 18.2 Å². The zero-order valence-corrected chi connectivity index (χ0v) is 16.6. The van der Waals surface area contributed by atoms with E-state index in [1.54, 1.807) is 0 Å². The number of piperidine rings is 1. The molecule has 0 radical (unpaired) electrons. The third-order valence-corrected chi connectivity index (χ3v) is 4.44. The minimum Gasteiger partial charge on any atom is -0.452 e. The van der Waals surface area contributed by atoms with Gasteiger partial charge in [0.15, 0.2) is 6.10 Å². The summed E-state index contributed by atoms with van der Waals surface area (Å²) in [6.07, 6.45) is -0.221. The monoisotopic (exact) mass is 396 g/mol. The summed E-state index contributed by atoms with van der Waals surface area (Å²) < 4.78 is 32.1. The van der Waals surface area contributed by atoms with Crippen LogP contribution in [-0.2, 0) is 14.3 Å². The Labute approximate surface area is 163 Å². The first-order chi connectivity index (χ1) is 13.0. The second-order valence-electron chi connectivity index (χ2n) is 8.01. The number of carbonyl (C=O) groups excluding carboxylic acids is 3. The van der Waals surface area contributed by atoms with Crippen molar-refractivity contribution in [2.24, 2.45) is 5.92 Å². The van der Waals surface area contributed by atoms with E-state index in [0.29, 0.717) is 18.9 Å². The molecule has 1 fully saturated rings. The number of ether oxygens (including phenoxy) is 1. The van der Waals surface area contributed by atoms with Gasteiger partial charge < -0.3 is 15.0 Å². The minimum absolute atomic E-state index is 0.199. The van der Waals surface area contributed by atoms with E-state index in [-0.39, 0.29) is 24.6 Å². The summed E-state index contributed by atoms with van der Waals surface area (Å²) >= 11 is 0. The number of benzene rings is 1. The highest BCUT2D eigenvalue weighted by Gasteiger charge is 2.32. The number of likely N-dealkylation sites (tertiary alicyclic amines) is 1. The molecule has 1 N–H and O–H groups in total. The van der Waals surface area contributed by atoms with Crippen molar-refractivity contribution >= 4 is 17.8 Å². The fourth-order valence-corrected chi connectivity index (χ4v) is 2.95. The summed E-state index contributed by atoms with van der Waals surface area (Å²) in [4.78, 5) is 38.2. The van der Waals surface area contributed by atoms with Crippen molar-refractivity contribution in [3.8, 4) is 0 Å². The number of nitrogens with one attached hydrogen (secondary N) is 1. The molecule has 0 saturated carbocycles. The maximum absolute atomic E-state index is 13.8. The lowest BCUT2D eigenvalue weighted by molar-refractivity contribution is -0.160.